The topological polar surface area (TPSA) is 75.4 Å². The highest BCUT2D eigenvalue weighted by Gasteiger charge is 2.28. The number of nitrogens with zero attached hydrogens (tertiary/aromatic N) is 1. The quantitative estimate of drug-likeness (QED) is 0.830. The Labute approximate surface area is 145 Å². The average Bonchev–Trinajstić information content (AvgIpc) is 2.47. The van der Waals surface area contributed by atoms with Gasteiger partial charge in [0, 0.05) is 24.7 Å². The van der Waals surface area contributed by atoms with E-state index in [1.165, 1.54) is 11.8 Å². The Hall–Kier alpha value is -0.950. The van der Waals surface area contributed by atoms with Gasteiger partial charge >= 0.3 is 0 Å². The van der Waals surface area contributed by atoms with Crippen LogP contribution in [0.15, 0.2) is 24.3 Å². The summed E-state index contributed by atoms with van der Waals surface area (Å²) in [5.41, 5.74) is 6.03. The van der Waals surface area contributed by atoms with Crippen LogP contribution in [-0.4, -0.2) is 47.9 Å². The lowest BCUT2D eigenvalue weighted by Gasteiger charge is -2.37. The zero-order valence-electron chi connectivity index (χ0n) is 12.0. The number of rotatable bonds is 5. The maximum absolute atomic E-state index is 12.4. The van der Waals surface area contributed by atoms with Crippen LogP contribution in [0.5, 0.6) is 0 Å². The number of carbonyl (C=O) groups excluding carboxylic acids is 2. The molecule has 0 aliphatic carbocycles. The lowest BCUT2D eigenvalue weighted by molar-refractivity contribution is -0.131. The first-order valence-electron chi connectivity index (χ1n) is 6.70. The molecule has 0 spiro atoms. The monoisotopic (exact) mass is 363 g/mol. The van der Waals surface area contributed by atoms with Crippen molar-refractivity contribution in [2.45, 2.75) is 6.04 Å². The number of hydrogen-bond acceptors (Lipinski definition) is 4. The zero-order chi connectivity index (χ0) is 15.2. The maximum atomic E-state index is 12.4. The van der Waals surface area contributed by atoms with E-state index < -0.39 is 5.91 Å². The molecule has 1 saturated heterocycles. The van der Waals surface area contributed by atoms with Gasteiger partial charge in [0.05, 0.1) is 17.5 Å². The SMILES string of the molecule is Cl.NC(=O)CSCC(=O)N1CCNCC1c1ccccc1Cl. The predicted molar refractivity (Wildman–Crippen MR) is 92.5 cm³/mol. The van der Waals surface area contributed by atoms with Crippen molar-refractivity contribution in [3.63, 3.8) is 0 Å². The molecule has 1 aromatic carbocycles. The van der Waals surface area contributed by atoms with Crippen LogP contribution in [0.25, 0.3) is 0 Å². The number of nitrogens with one attached hydrogen (secondary N) is 1. The fourth-order valence-electron chi connectivity index (χ4n) is 2.35. The predicted octanol–water partition coefficient (Wildman–Crippen LogP) is 1.45. The van der Waals surface area contributed by atoms with E-state index in [9.17, 15) is 9.59 Å². The van der Waals surface area contributed by atoms with Gasteiger partial charge in [0.15, 0.2) is 0 Å². The third-order valence-electron chi connectivity index (χ3n) is 3.30. The van der Waals surface area contributed by atoms with Crippen LogP contribution in [0.4, 0.5) is 0 Å². The molecular weight excluding hydrogens is 345 g/mol. The minimum Gasteiger partial charge on any atom is -0.369 e. The molecule has 2 amide bonds. The maximum Gasteiger partial charge on any atom is 0.233 e. The Morgan fingerprint density at radius 3 is 2.77 bits per heavy atom. The van der Waals surface area contributed by atoms with Crippen LogP contribution in [0.1, 0.15) is 11.6 Å². The first-order valence-corrected chi connectivity index (χ1v) is 8.23. The molecule has 1 heterocycles. The average molecular weight is 364 g/mol. The van der Waals surface area contributed by atoms with Crippen LogP contribution in [-0.2, 0) is 9.59 Å². The first kappa shape index (κ1) is 19.1. The van der Waals surface area contributed by atoms with Crippen LogP contribution in [0.3, 0.4) is 0 Å². The van der Waals surface area contributed by atoms with Crippen LogP contribution < -0.4 is 11.1 Å². The van der Waals surface area contributed by atoms with Crippen molar-refractivity contribution in [2.24, 2.45) is 5.73 Å². The number of carbonyl (C=O) groups is 2. The molecule has 1 unspecified atom stereocenters. The highest BCUT2D eigenvalue weighted by Crippen LogP contribution is 2.28. The van der Waals surface area contributed by atoms with Gasteiger partial charge in [0.25, 0.3) is 0 Å². The largest absolute Gasteiger partial charge is 0.369 e. The standard InChI is InChI=1S/C14H18ClN3O2S.ClH/c15-11-4-2-1-3-10(11)12-7-17-5-6-18(12)14(20)9-21-8-13(16)19;/h1-4,12,17H,5-9H2,(H2,16,19);1H. The van der Waals surface area contributed by atoms with E-state index in [0.29, 0.717) is 18.1 Å². The normalized spacial score (nSPS) is 17.7. The minimum atomic E-state index is -0.407. The summed E-state index contributed by atoms with van der Waals surface area (Å²) in [5, 5.41) is 3.95. The number of hydrogen-bond donors (Lipinski definition) is 2. The van der Waals surface area contributed by atoms with E-state index in [4.69, 9.17) is 17.3 Å². The van der Waals surface area contributed by atoms with E-state index in [0.717, 1.165) is 12.1 Å². The number of piperazine rings is 1. The summed E-state index contributed by atoms with van der Waals surface area (Å²) in [5.74, 6) is 0.0156. The molecule has 0 aromatic heterocycles. The fourth-order valence-corrected chi connectivity index (χ4v) is 3.25. The smallest absolute Gasteiger partial charge is 0.233 e. The molecule has 8 heteroatoms. The van der Waals surface area contributed by atoms with Gasteiger partial charge in [-0.15, -0.1) is 24.2 Å². The Bertz CT molecular complexity index is 531. The van der Waals surface area contributed by atoms with Gasteiger partial charge in [-0.1, -0.05) is 29.8 Å². The van der Waals surface area contributed by atoms with Gasteiger partial charge < -0.3 is 16.0 Å². The molecule has 2 rings (SSSR count). The lowest BCUT2D eigenvalue weighted by Crippen LogP contribution is -2.49. The summed E-state index contributed by atoms with van der Waals surface area (Å²) in [4.78, 5) is 24.9. The zero-order valence-corrected chi connectivity index (χ0v) is 14.3. The molecule has 5 nitrogen and oxygen atoms in total. The highest BCUT2D eigenvalue weighted by molar-refractivity contribution is 8.00. The molecule has 1 aliphatic rings. The highest BCUT2D eigenvalue weighted by atomic mass is 35.5. The number of halogens is 2. The second-order valence-electron chi connectivity index (χ2n) is 4.79. The first-order chi connectivity index (χ1) is 10.1. The van der Waals surface area contributed by atoms with Crippen LogP contribution in [0, 0.1) is 0 Å². The third kappa shape index (κ3) is 5.05. The van der Waals surface area contributed by atoms with E-state index in [2.05, 4.69) is 5.32 Å². The number of thioether (sulfide) groups is 1. The summed E-state index contributed by atoms with van der Waals surface area (Å²) in [7, 11) is 0. The summed E-state index contributed by atoms with van der Waals surface area (Å²) < 4.78 is 0. The molecule has 1 atom stereocenters. The second kappa shape index (κ2) is 9.25. The van der Waals surface area contributed by atoms with Crippen LogP contribution in [0.2, 0.25) is 5.02 Å². The van der Waals surface area contributed by atoms with Gasteiger partial charge in [0.1, 0.15) is 0 Å². The van der Waals surface area contributed by atoms with Gasteiger partial charge in [-0.3, -0.25) is 9.59 Å². The number of nitrogens with two attached hydrogens (primary N) is 1. The van der Waals surface area contributed by atoms with Gasteiger partial charge in [0.2, 0.25) is 11.8 Å². The van der Waals surface area contributed by atoms with Gasteiger partial charge in [-0.2, -0.15) is 0 Å². The molecule has 122 valence electrons. The Kier molecular flexibility index (Phi) is 8.03. The molecule has 0 saturated carbocycles. The fraction of sp³-hybridized carbons (Fsp3) is 0.429. The Balaban J connectivity index is 0.00000242. The minimum absolute atomic E-state index is 0. The van der Waals surface area contributed by atoms with Crippen molar-refractivity contribution in [2.75, 3.05) is 31.1 Å². The third-order valence-corrected chi connectivity index (χ3v) is 4.58. The number of amides is 2. The lowest BCUT2D eigenvalue weighted by atomic mass is 10.0. The van der Waals surface area contributed by atoms with Crippen molar-refractivity contribution < 1.29 is 9.59 Å². The summed E-state index contributed by atoms with van der Waals surface area (Å²) in [6, 6.07) is 7.48. The van der Waals surface area contributed by atoms with E-state index >= 15 is 0 Å². The molecule has 1 fully saturated rings. The van der Waals surface area contributed by atoms with E-state index in [1.54, 1.807) is 0 Å². The van der Waals surface area contributed by atoms with Crippen LogP contribution >= 0.6 is 35.8 Å². The molecule has 0 radical (unpaired) electrons. The van der Waals surface area contributed by atoms with Crippen molar-refractivity contribution >= 4 is 47.6 Å². The molecule has 22 heavy (non-hydrogen) atoms. The Morgan fingerprint density at radius 2 is 2.09 bits per heavy atom. The van der Waals surface area contributed by atoms with E-state index in [-0.39, 0.29) is 35.9 Å². The summed E-state index contributed by atoms with van der Waals surface area (Å²) in [6.07, 6.45) is 0. The van der Waals surface area contributed by atoms with Crippen molar-refractivity contribution in [1.29, 1.82) is 0 Å². The molecular formula is C14H19Cl2N3O2S. The second-order valence-corrected chi connectivity index (χ2v) is 6.18. The summed E-state index contributed by atoms with van der Waals surface area (Å²) in [6.45, 7) is 2.06. The van der Waals surface area contributed by atoms with Crippen molar-refractivity contribution in [1.82, 2.24) is 10.2 Å². The molecule has 1 aromatic rings. The number of primary amides is 1. The molecule has 1 aliphatic heterocycles. The Morgan fingerprint density at radius 1 is 1.36 bits per heavy atom. The van der Waals surface area contributed by atoms with Crippen molar-refractivity contribution in [3.05, 3.63) is 34.9 Å². The molecule has 3 N–H and O–H groups in total. The van der Waals surface area contributed by atoms with Crippen molar-refractivity contribution in [3.8, 4) is 0 Å². The van der Waals surface area contributed by atoms with Gasteiger partial charge in [-0.25, -0.2) is 0 Å². The van der Waals surface area contributed by atoms with Gasteiger partial charge in [-0.05, 0) is 11.6 Å². The number of benzene rings is 1. The summed E-state index contributed by atoms with van der Waals surface area (Å²) >= 11 is 7.49. The molecule has 0 bridgehead atoms. The van der Waals surface area contributed by atoms with E-state index in [1.807, 2.05) is 29.2 Å².